The molecule has 0 saturated carbocycles. The van der Waals surface area contributed by atoms with E-state index in [1.165, 1.54) is 11.1 Å². The van der Waals surface area contributed by atoms with Crippen molar-refractivity contribution in [2.75, 3.05) is 0 Å². The lowest BCUT2D eigenvalue weighted by Crippen LogP contribution is -1.81. The van der Waals surface area contributed by atoms with Gasteiger partial charge in [-0.15, -0.1) is 0 Å². The van der Waals surface area contributed by atoms with Gasteiger partial charge in [-0.05, 0) is 33.6 Å². The minimum atomic E-state index is 1.05. The molecule has 0 aliphatic heterocycles. The molecule has 0 heterocycles. The summed E-state index contributed by atoms with van der Waals surface area (Å²) < 4.78 is 2.87. The van der Waals surface area contributed by atoms with Crippen molar-refractivity contribution >= 4 is 28.2 Å². The molecule has 0 saturated heterocycles. The Balaban J connectivity index is 2.24. The van der Waals surface area contributed by atoms with Gasteiger partial charge in [0.05, 0.1) is 0 Å². The number of hydrogen-bond donors (Lipinski definition) is 0. The highest BCUT2D eigenvalue weighted by Gasteiger charge is 2.01. The van der Waals surface area contributed by atoms with Crippen LogP contribution < -0.4 is 0 Å². The smallest absolute Gasteiger partial charge is 0.0253 e. The molecule has 68 valence electrons. The van der Waals surface area contributed by atoms with Crippen molar-refractivity contribution in [3.8, 4) is 9.85 Å². The van der Waals surface area contributed by atoms with E-state index in [0.29, 0.717) is 0 Å². The van der Waals surface area contributed by atoms with Gasteiger partial charge in [0.2, 0.25) is 0 Å². The first-order valence-corrected chi connectivity index (χ1v) is 5.56. The SMILES string of the molecule is IC#Cc1ccc(C2=CC=CC2)cc1. The molecule has 0 fully saturated rings. The van der Waals surface area contributed by atoms with E-state index in [4.69, 9.17) is 0 Å². The fraction of sp³-hybridized carbons (Fsp3) is 0.0769. The average Bonchev–Trinajstić information content (AvgIpc) is 2.72. The van der Waals surface area contributed by atoms with Crippen molar-refractivity contribution in [3.05, 3.63) is 53.6 Å². The van der Waals surface area contributed by atoms with Crippen LogP contribution in [-0.2, 0) is 0 Å². The number of halogens is 1. The first kappa shape index (κ1) is 9.54. The maximum atomic E-state index is 3.03. The standard InChI is InChI=1S/C13H9I/c14-10-9-11-5-7-13(8-6-11)12-3-1-2-4-12/h1-3,5-8H,4H2. The van der Waals surface area contributed by atoms with Gasteiger partial charge in [-0.25, -0.2) is 0 Å². The summed E-state index contributed by atoms with van der Waals surface area (Å²) in [5, 5.41) is 0. The Labute approximate surface area is 97.9 Å². The van der Waals surface area contributed by atoms with E-state index in [1.807, 2.05) is 0 Å². The van der Waals surface area contributed by atoms with Gasteiger partial charge in [0.25, 0.3) is 0 Å². The third-order valence-corrected chi connectivity index (χ3v) is 2.49. The molecule has 0 amide bonds. The van der Waals surface area contributed by atoms with E-state index >= 15 is 0 Å². The number of allylic oxidation sites excluding steroid dienone is 4. The van der Waals surface area contributed by atoms with Crippen molar-refractivity contribution in [1.82, 2.24) is 0 Å². The van der Waals surface area contributed by atoms with Gasteiger partial charge in [-0.1, -0.05) is 36.3 Å². The highest BCUT2D eigenvalue weighted by Crippen LogP contribution is 2.22. The number of benzene rings is 1. The van der Waals surface area contributed by atoms with E-state index in [0.717, 1.165) is 12.0 Å². The normalized spacial score (nSPS) is 13.4. The zero-order valence-corrected chi connectivity index (χ0v) is 9.78. The van der Waals surface area contributed by atoms with Gasteiger partial charge in [-0.3, -0.25) is 0 Å². The molecule has 0 atom stereocenters. The molecule has 0 unspecified atom stereocenters. The third kappa shape index (κ3) is 2.08. The van der Waals surface area contributed by atoms with Crippen LogP contribution in [-0.4, -0.2) is 0 Å². The Morgan fingerprint density at radius 2 is 1.93 bits per heavy atom. The molecule has 1 aromatic carbocycles. The Morgan fingerprint density at radius 1 is 1.14 bits per heavy atom. The molecule has 0 spiro atoms. The number of hydrogen-bond acceptors (Lipinski definition) is 0. The lowest BCUT2D eigenvalue weighted by Gasteiger charge is -2.01. The largest absolute Gasteiger partial charge is 0.0801 e. The molecule has 1 aliphatic carbocycles. The summed E-state index contributed by atoms with van der Waals surface area (Å²) in [4.78, 5) is 0. The second-order valence-electron chi connectivity index (χ2n) is 3.12. The Bertz CT molecular complexity index is 438. The molecule has 0 radical (unpaired) electrons. The van der Waals surface area contributed by atoms with Crippen LogP contribution in [0.25, 0.3) is 5.57 Å². The van der Waals surface area contributed by atoms with Crippen LogP contribution in [0.15, 0.2) is 42.5 Å². The Morgan fingerprint density at radius 3 is 2.50 bits per heavy atom. The lowest BCUT2D eigenvalue weighted by atomic mass is 10.0. The highest BCUT2D eigenvalue weighted by atomic mass is 127. The van der Waals surface area contributed by atoms with Gasteiger partial charge in [0, 0.05) is 28.2 Å². The van der Waals surface area contributed by atoms with Crippen molar-refractivity contribution in [2.45, 2.75) is 6.42 Å². The molecule has 0 aromatic heterocycles. The minimum absolute atomic E-state index is 1.05. The number of rotatable bonds is 1. The van der Waals surface area contributed by atoms with Gasteiger partial charge in [-0.2, -0.15) is 0 Å². The van der Waals surface area contributed by atoms with Crippen LogP contribution in [0, 0.1) is 9.85 Å². The summed E-state index contributed by atoms with van der Waals surface area (Å²) in [5.74, 6) is 3.03. The zero-order chi connectivity index (χ0) is 9.80. The van der Waals surface area contributed by atoms with Gasteiger partial charge < -0.3 is 0 Å². The van der Waals surface area contributed by atoms with E-state index in [1.54, 1.807) is 0 Å². The maximum absolute atomic E-state index is 3.03. The predicted molar refractivity (Wildman–Crippen MR) is 69.1 cm³/mol. The van der Waals surface area contributed by atoms with Crippen molar-refractivity contribution in [3.63, 3.8) is 0 Å². The van der Waals surface area contributed by atoms with E-state index < -0.39 is 0 Å². The quantitative estimate of drug-likeness (QED) is 0.546. The molecular weight excluding hydrogens is 283 g/mol. The van der Waals surface area contributed by atoms with Gasteiger partial charge in [0.1, 0.15) is 0 Å². The molecule has 0 nitrogen and oxygen atoms in total. The average molecular weight is 292 g/mol. The van der Waals surface area contributed by atoms with Crippen LogP contribution >= 0.6 is 22.6 Å². The summed E-state index contributed by atoms with van der Waals surface area (Å²) in [6, 6.07) is 8.41. The lowest BCUT2D eigenvalue weighted by molar-refractivity contribution is 1.43. The van der Waals surface area contributed by atoms with Crippen molar-refractivity contribution in [1.29, 1.82) is 0 Å². The third-order valence-electron chi connectivity index (χ3n) is 2.22. The van der Waals surface area contributed by atoms with Gasteiger partial charge in [0.15, 0.2) is 0 Å². The molecule has 2 rings (SSSR count). The first-order chi connectivity index (χ1) is 6.90. The zero-order valence-electron chi connectivity index (χ0n) is 7.63. The Hall–Kier alpha value is -1.01. The molecular formula is C13H9I. The summed E-state index contributed by atoms with van der Waals surface area (Å²) >= 11 is 2.06. The minimum Gasteiger partial charge on any atom is -0.0801 e. The molecule has 0 bridgehead atoms. The van der Waals surface area contributed by atoms with Crippen molar-refractivity contribution < 1.29 is 0 Å². The van der Waals surface area contributed by atoms with E-state index in [-0.39, 0.29) is 0 Å². The second kappa shape index (κ2) is 4.47. The van der Waals surface area contributed by atoms with Crippen LogP contribution in [0.4, 0.5) is 0 Å². The van der Waals surface area contributed by atoms with E-state index in [9.17, 15) is 0 Å². The maximum Gasteiger partial charge on any atom is 0.0253 e. The van der Waals surface area contributed by atoms with Crippen LogP contribution in [0.3, 0.4) is 0 Å². The summed E-state index contributed by atoms with van der Waals surface area (Å²) in [6.07, 6.45) is 7.50. The molecule has 14 heavy (non-hydrogen) atoms. The highest BCUT2D eigenvalue weighted by molar-refractivity contribution is 14.1. The van der Waals surface area contributed by atoms with Crippen molar-refractivity contribution in [2.24, 2.45) is 0 Å². The second-order valence-corrected chi connectivity index (χ2v) is 3.66. The van der Waals surface area contributed by atoms with E-state index in [2.05, 4.69) is 74.9 Å². The molecule has 1 aliphatic rings. The van der Waals surface area contributed by atoms with Crippen LogP contribution in [0.2, 0.25) is 0 Å². The molecule has 1 aromatic rings. The summed E-state index contributed by atoms with van der Waals surface area (Å²) in [7, 11) is 0. The summed E-state index contributed by atoms with van der Waals surface area (Å²) in [5.41, 5.74) is 3.77. The topological polar surface area (TPSA) is 0 Å². The predicted octanol–water partition coefficient (Wildman–Crippen LogP) is 3.77. The molecule has 0 N–H and O–H groups in total. The summed E-state index contributed by atoms with van der Waals surface area (Å²) in [6.45, 7) is 0. The fourth-order valence-corrected chi connectivity index (χ4v) is 1.79. The molecule has 1 heteroatoms. The fourth-order valence-electron chi connectivity index (χ4n) is 1.48. The Kier molecular flexibility index (Phi) is 3.05. The monoisotopic (exact) mass is 292 g/mol. The van der Waals surface area contributed by atoms with Crippen LogP contribution in [0.5, 0.6) is 0 Å². The van der Waals surface area contributed by atoms with Crippen LogP contribution in [0.1, 0.15) is 17.5 Å². The van der Waals surface area contributed by atoms with Gasteiger partial charge >= 0.3 is 0 Å². The first-order valence-electron chi connectivity index (χ1n) is 4.48.